The van der Waals surface area contributed by atoms with E-state index in [1.807, 2.05) is 35.9 Å². The molecule has 0 atom stereocenters. The molecule has 0 saturated heterocycles. The van der Waals surface area contributed by atoms with Gasteiger partial charge in [-0.2, -0.15) is 0 Å². The number of nitrogens with zero attached hydrogens (tertiary/aromatic N) is 3. The maximum Gasteiger partial charge on any atom is 0.341 e. The topological polar surface area (TPSA) is 95.3 Å². The zero-order valence-electron chi connectivity index (χ0n) is 21.8. The highest BCUT2D eigenvalue weighted by molar-refractivity contribution is 7.99. The molecule has 0 saturated carbocycles. The molecule has 8 nitrogen and oxygen atoms in total. The number of thiophene rings is 1. The van der Waals surface area contributed by atoms with Gasteiger partial charge < -0.3 is 19.4 Å². The van der Waals surface area contributed by atoms with Crippen LogP contribution in [0.15, 0.2) is 29.4 Å². The fraction of sp³-hybridized carbons (Fsp3) is 0.481. The van der Waals surface area contributed by atoms with E-state index >= 15 is 0 Å². The smallest absolute Gasteiger partial charge is 0.341 e. The normalized spacial score (nSPS) is 13.5. The lowest BCUT2D eigenvalue weighted by Crippen LogP contribution is -2.16. The first-order chi connectivity index (χ1) is 17.9. The molecule has 0 fully saturated rings. The lowest BCUT2D eigenvalue weighted by molar-refractivity contribution is -0.113. The van der Waals surface area contributed by atoms with Crippen molar-refractivity contribution in [2.75, 3.05) is 24.8 Å². The number of aromatic nitrogens is 3. The van der Waals surface area contributed by atoms with E-state index in [2.05, 4.69) is 29.4 Å². The first kappa shape index (κ1) is 27.2. The number of carbonyl (C=O) groups excluding carboxylic acids is 2. The van der Waals surface area contributed by atoms with Gasteiger partial charge in [0.2, 0.25) is 5.91 Å². The summed E-state index contributed by atoms with van der Waals surface area (Å²) in [5, 5.41) is 12.8. The Balaban J connectivity index is 1.41. The van der Waals surface area contributed by atoms with Crippen LogP contribution in [0.2, 0.25) is 0 Å². The number of carbonyl (C=O) groups is 2. The molecule has 0 aliphatic heterocycles. The van der Waals surface area contributed by atoms with Gasteiger partial charge in [-0.1, -0.05) is 38.5 Å². The summed E-state index contributed by atoms with van der Waals surface area (Å²) in [5.41, 5.74) is 2.48. The van der Waals surface area contributed by atoms with Crippen molar-refractivity contribution in [2.45, 2.75) is 57.5 Å². The number of nitrogens with one attached hydrogen (secondary N) is 1. The summed E-state index contributed by atoms with van der Waals surface area (Å²) < 4.78 is 12.7. The number of aryl methyl sites for hydroxylation is 1. The van der Waals surface area contributed by atoms with Gasteiger partial charge in [-0.05, 0) is 61.4 Å². The predicted molar refractivity (Wildman–Crippen MR) is 148 cm³/mol. The van der Waals surface area contributed by atoms with E-state index in [0.29, 0.717) is 34.1 Å². The molecule has 1 aliphatic carbocycles. The molecule has 1 aromatic carbocycles. The molecular formula is C27H34N4O4S2. The second kappa shape index (κ2) is 12.6. The van der Waals surface area contributed by atoms with Gasteiger partial charge in [-0.25, -0.2) is 4.79 Å². The summed E-state index contributed by atoms with van der Waals surface area (Å²) in [6.07, 6.45) is 6.26. The van der Waals surface area contributed by atoms with Crippen LogP contribution in [0.1, 0.15) is 60.3 Å². The Kier molecular flexibility index (Phi) is 9.26. The van der Waals surface area contributed by atoms with Gasteiger partial charge in [0.1, 0.15) is 10.8 Å². The van der Waals surface area contributed by atoms with Crippen molar-refractivity contribution in [3.05, 3.63) is 40.3 Å². The van der Waals surface area contributed by atoms with Crippen molar-refractivity contribution in [3.8, 4) is 17.1 Å². The molecule has 4 rings (SSSR count). The number of ether oxygens (including phenoxy) is 2. The van der Waals surface area contributed by atoms with Crippen LogP contribution < -0.4 is 10.1 Å². The van der Waals surface area contributed by atoms with Crippen molar-refractivity contribution >= 4 is 40.0 Å². The molecule has 0 radical (unpaired) electrons. The van der Waals surface area contributed by atoms with Crippen LogP contribution in [-0.4, -0.2) is 46.1 Å². The van der Waals surface area contributed by atoms with E-state index in [4.69, 9.17) is 9.47 Å². The lowest BCUT2D eigenvalue weighted by Gasteiger charge is -2.11. The lowest BCUT2D eigenvalue weighted by atomic mass is 9.96. The van der Waals surface area contributed by atoms with Crippen LogP contribution in [-0.2, 0) is 29.4 Å². The summed E-state index contributed by atoms with van der Waals surface area (Å²) in [6.45, 7) is 4.89. The largest absolute Gasteiger partial charge is 0.493 e. The molecule has 0 bridgehead atoms. The molecule has 2 heterocycles. The fourth-order valence-corrected chi connectivity index (χ4v) is 6.28. The molecule has 3 aromatic rings. The van der Waals surface area contributed by atoms with Gasteiger partial charge in [-0.3, -0.25) is 4.79 Å². The molecule has 0 unspecified atom stereocenters. The summed E-state index contributed by atoms with van der Waals surface area (Å²) in [6, 6.07) is 7.77. The molecule has 1 N–H and O–H groups in total. The highest BCUT2D eigenvalue weighted by Gasteiger charge is 2.26. The van der Waals surface area contributed by atoms with Gasteiger partial charge in [0.15, 0.2) is 11.0 Å². The summed E-state index contributed by atoms with van der Waals surface area (Å²) in [4.78, 5) is 26.7. The Labute approximate surface area is 226 Å². The quantitative estimate of drug-likeness (QED) is 0.271. The molecule has 37 heavy (non-hydrogen) atoms. The van der Waals surface area contributed by atoms with Crippen LogP contribution in [0.4, 0.5) is 5.00 Å². The molecule has 10 heteroatoms. The maximum absolute atomic E-state index is 12.9. The number of methoxy groups -OCH3 is 1. The molecular weight excluding hydrogens is 508 g/mol. The zero-order chi connectivity index (χ0) is 26.4. The molecule has 2 aromatic heterocycles. The van der Waals surface area contributed by atoms with Crippen LogP contribution in [0.25, 0.3) is 11.4 Å². The molecule has 1 amide bonds. The Morgan fingerprint density at radius 1 is 1.11 bits per heavy atom. The number of hydrogen-bond donors (Lipinski definition) is 1. The zero-order valence-corrected chi connectivity index (χ0v) is 23.5. The fourth-order valence-electron chi connectivity index (χ4n) is 4.27. The van der Waals surface area contributed by atoms with Crippen LogP contribution in [0, 0.1) is 5.92 Å². The standard InChI is InChI=1S/C27H34N4O4S2/c1-17(2)15-35-19-13-11-18(12-14-19)24-29-30-27(31(24)3)36-16-22(32)28-25-23(26(33)34-4)20-9-7-5-6-8-10-21(20)37-25/h11-14,17H,5-10,15-16H2,1-4H3,(H,28,32). The average molecular weight is 543 g/mol. The van der Waals surface area contributed by atoms with E-state index in [1.165, 1.54) is 41.5 Å². The number of thioether (sulfide) groups is 1. The van der Waals surface area contributed by atoms with Crippen molar-refractivity contribution in [2.24, 2.45) is 13.0 Å². The summed E-state index contributed by atoms with van der Waals surface area (Å²) in [5.74, 6) is 1.56. The molecule has 1 aliphatic rings. The van der Waals surface area contributed by atoms with E-state index in [-0.39, 0.29) is 17.6 Å². The highest BCUT2D eigenvalue weighted by atomic mass is 32.2. The number of esters is 1. The van der Waals surface area contributed by atoms with E-state index in [1.54, 1.807) is 0 Å². The number of rotatable bonds is 9. The number of amides is 1. The minimum Gasteiger partial charge on any atom is -0.493 e. The minimum atomic E-state index is -0.389. The van der Waals surface area contributed by atoms with Gasteiger partial charge in [0, 0.05) is 17.5 Å². The predicted octanol–water partition coefficient (Wildman–Crippen LogP) is 5.75. The Morgan fingerprint density at radius 3 is 2.54 bits per heavy atom. The Hall–Kier alpha value is -2.85. The minimum absolute atomic E-state index is 0.150. The van der Waals surface area contributed by atoms with Gasteiger partial charge in [-0.15, -0.1) is 21.5 Å². The summed E-state index contributed by atoms with van der Waals surface area (Å²) >= 11 is 2.81. The molecule has 198 valence electrons. The Morgan fingerprint density at radius 2 is 1.84 bits per heavy atom. The number of hydrogen-bond acceptors (Lipinski definition) is 8. The van der Waals surface area contributed by atoms with E-state index in [9.17, 15) is 9.59 Å². The second-order valence-corrected chi connectivity index (χ2v) is 11.6. The third-order valence-corrected chi connectivity index (χ3v) is 8.40. The van der Waals surface area contributed by atoms with Gasteiger partial charge in [0.25, 0.3) is 0 Å². The van der Waals surface area contributed by atoms with Crippen molar-refractivity contribution in [1.82, 2.24) is 14.8 Å². The third kappa shape index (κ3) is 6.73. The van der Waals surface area contributed by atoms with Crippen LogP contribution in [0.3, 0.4) is 0 Å². The van der Waals surface area contributed by atoms with Gasteiger partial charge >= 0.3 is 5.97 Å². The van der Waals surface area contributed by atoms with Crippen molar-refractivity contribution in [1.29, 1.82) is 0 Å². The first-order valence-electron chi connectivity index (χ1n) is 12.7. The first-order valence-corrected chi connectivity index (χ1v) is 14.5. The number of benzene rings is 1. The van der Waals surface area contributed by atoms with Crippen LogP contribution >= 0.6 is 23.1 Å². The average Bonchev–Trinajstić information content (AvgIpc) is 3.40. The molecule has 0 spiro atoms. The van der Waals surface area contributed by atoms with Gasteiger partial charge in [0.05, 0.1) is 25.0 Å². The number of fused-ring (bicyclic) bond motifs is 1. The third-order valence-electron chi connectivity index (χ3n) is 6.18. The van der Waals surface area contributed by atoms with Crippen LogP contribution in [0.5, 0.6) is 5.75 Å². The summed E-state index contributed by atoms with van der Waals surface area (Å²) in [7, 11) is 3.27. The second-order valence-electron chi connectivity index (χ2n) is 9.54. The van der Waals surface area contributed by atoms with E-state index in [0.717, 1.165) is 49.0 Å². The van der Waals surface area contributed by atoms with Crippen molar-refractivity contribution in [3.63, 3.8) is 0 Å². The maximum atomic E-state index is 12.9. The monoisotopic (exact) mass is 542 g/mol. The SMILES string of the molecule is COC(=O)c1c(NC(=O)CSc2nnc(-c3ccc(OCC(C)C)cc3)n2C)sc2c1CCCCCC2. The van der Waals surface area contributed by atoms with E-state index < -0.39 is 0 Å². The highest BCUT2D eigenvalue weighted by Crippen LogP contribution is 2.37. The van der Waals surface area contributed by atoms with Crippen molar-refractivity contribution < 1.29 is 19.1 Å². The Bertz CT molecular complexity index is 1230. The number of anilines is 1.